The van der Waals surface area contributed by atoms with Crippen molar-refractivity contribution in [2.75, 3.05) is 52.9 Å². The molecule has 7 rings (SSSR count). The van der Waals surface area contributed by atoms with E-state index < -0.39 is 303 Å². The van der Waals surface area contributed by atoms with E-state index in [0.29, 0.717) is 0 Å². The van der Waals surface area contributed by atoms with Crippen LogP contribution in [0, 0.1) is 0 Å². The van der Waals surface area contributed by atoms with Gasteiger partial charge in [0.1, 0.15) is 171 Å². The molecule has 43 nitrogen and oxygen atoms in total. The van der Waals surface area contributed by atoms with E-state index in [1.165, 1.54) is 0 Å². The molecule has 544 valence electrons. The molecule has 7 aliphatic heterocycles. The predicted octanol–water partition coefficient (Wildman–Crippen LogP) is -17.7. The Balaban J connectivity index is 1.24. The molecule has 26 N–H and O–H groups in total. The van der Waals surface area contributed by atoms with E-state index in [4.69, 9.17) is 61.6 Å². The van der Waals surface area contributed by atoms with Crippen molar-refractivity contribution >= 4 is 23.7 Å². The lowest BCUT2D eigenvalue weighted by Crippen LogP contribution is -2.72. The first-order valence-corrected chi connectivity index (χ1v) is 29.4. The summed E-state index contributed by atoms with van der Waals surface area (Å²) in [6, 6.07) is -5.91. The fourth-order valence-electron chi connectivity index (χ4n) is 11.9. The summed E-state index contributed by atoms with van der Waals surface area (Å²) in [5.74, 6) is -8.97. The number of carboxylic acid groups (broad SMARTS) is 1. The first-order valence-electron chi connectivity index (χ1n) is 29.4. The van der Waals surface area contributed by atoms with Gasteiger partial charge in [-0.05, 0) is 0 Å². The van der Waals surface area contributed by atoms with E-state index in [-0.39, 0.29) is 0 Å². The van der Waals surface area contributed by atoms with Crippen molar-refractivity contribution in [3.8, 4) is 0 Å². The summed E-state index contributed by atoms with van der Waals surface area (Å²) in [5, 5.41) is 256. The smallest absolute Gasteiger partial charge is 0.364 e. The molecule has 43 heteroatoms. The first kappa shape index (κ1) is 77.8. The molecule has 7 aliphatic rings. The van der Waals surface area contributed by atoms with Crippen molar-refractivity contribution in [2.45, 2.75) is 241 Å². The SMILES string of the molecule is CC(=O)N[C@H]1[C@H](O[C@H]2[C@@H](O)[C@@H](CO)O[C@@H](O[C@H]3[C@@H](O)[C@@H](CO)O[C@@H](O[C@@H]4[C@H](O[C@]5(C(=O)O)C[C@H](O)[C@@H](NC(=O)CO)[C@H]([C@H](O)[C@H](O)CO)O5)[C@@H](O)[C@H](O[C@H]5[C@H](O)[C@@H](O)[C@H](O)O[C@@H]5CO)O[C@@H]4CO)[C@@H]3NC(C)=O)[C@@H]2O)O[C@H](CO)[C@@H](O[C@@H]2O[C@H](CO)[C@H](O)[C@H](O)[C@H]2O)[C@@H]1O. The quantitative estimate of drug-likeness (QED) is 0.0382. The average Bonchev–Trinajstić information content (AvgIpc) is 0.756. The van der Waals surface area contributed by atoms with Gasteiger partial charge in [-0.15, -0.1) is 0 Å². The van der Waals surface area contributed by atoms with Crippen LogP contribution < -0.4 is 16.0 Å². The molecule has 0 aromatic rings. The van der Waals surface area contributed by atoms with Gasteiger partial charge >= 0.3 is 5.97 Å². The second-order valence-corrected chi connectivity index (χ2v) is 23.2. The number of carbonyl (C=O) groups is 4. The molecule has 0 aliphatic carbocycles. The van der Waals surface area contributed by atoms with Gasteiger partial charge < -0.3 is 195 Å². The maximum atomic E-state index is 13.7. The van der Waals surface area contributed by atoms with Crippen LogP contribution in [0.4, 0.5) is 0 Å². The number of aliphatic hydroxyl groups is 22. The zero-order valence-electron chi connectivity index (χ0n) is 49.8. The first-order chi connectivity index (χ1) is 44.4. The molecule has 7 saturated heterocycles. The number of hydrogen-bond acceptors (Lipinski definition) is 39. The number of carboxylic acids is 1. The number of aliphatic carboxylic acids is 1. The molecule has 7 heterocycles. The highest BCUT2D eigenvalue weighted by Crippen LogP contribution is 2.42. The lowest BCUT2D eigenvalue weighted by atomic mass is 9.88. The fraction of sp³-hybridized carbons (Fsp3) is 0.922. The zero-order valence-corrected chi connectivity index (χ0v) is 49.8. The summed E-state index contributed by atoms with van der Waals surface area (Å²) in [4.78, 5) is 52.0. The van der Waals surface area contributed by atoms with Gasteiger partial charge in [0.05, 0.1) is 58.4 Å². The zero-order chi connectivity index (χ0) is 69.7. The van der Waals surface area contributed by atoms with Crippen molar-refractivity contribution in [2.24, 2.45) is 0 Å². The molecule has 0 radical (unpaired) electrons. The summed E-state index contributed by atoms with van der Waals surface area (Å²) in [5.41, 5.74) is 0. The second kappa shape index (κ2) is 33.6. The van der Waals surface area contributed by atoms with E-state index >= 15 is 0 Å². The Hall–Kier alpha value is -3.52. The van der Waals surface area contributed by atoms with Gasteiger partial charge in [-0.25, -0.2) is 4.79 Å². The number of hydrogen-bond donors (Lipinski definition) is 26. The molecular formula is C51H85N3O40. The van der Waals surface area contributed by atoms with Crippen LogP contribution in [0.1, 0.15) is 20.3 Å². The molecular weight excluding hydrogens is 1290 g/mol. The van der Waals surface area contributed by atoms with Crippen molar-refractivity contribution in [1.82, 2.24) is 16.0 Å². The number of nitrogens with one attached hydrogen (secondary N) is 3. The lowest BCUT2D eigenvalue weighted by Gasteiger charge is -2.53. The average molecular weight is 1380 g/mol. The molecule has 94 heavy (non-hydrogen) atoms. The summed E-state index contributed by atoms with van der Waals surface area (Å²) in [7, 11) is 0. The molecule has 36 atom stereocenters. The summed E-state index contributed by atoms with van der Waals surface area (Å²) >= 11 is 0. The summed E-state index contributed by atoms with van der Waals surface area (Å²) < 4.78 is 75.6. The maximum absolute atomic E-state index is 13.7. The molecule has 0 aromatic carbocycles. The fourth-order valence-corrected chi connectivity index (χ4v) is 11.9. The Bertz CT molecular complexity index is 2430. The van der Waals surface area contributed by atoms with Crippen LogP contribution >= 0.6 is 0 Å². The highest BCUT2D eigenvalue weighted by atomic mass is 16.8. The maximum Gasteiger partial charge on any atom is 0.364 e. The molecule has 7 fully saturated rings. The third-order valence-corrected chi connectivity index (χ3v) is 16.8. The highest BCUT2D eigenvalue weighted by Gasteiger charge is 2.63. The molecule has 3 amide bonds. The minimum absolute atomic E-state index is 0.879. The standard InChI is InChI=1S/C51H85N3O40/c1-12(63)52-24-30(72)37(88-47-34(76)31(73)27(69)16(5-56)84-47)20(9-60)86-45(24)92-42-29(71)18(7-58)85-48(35(42)77)91-40-25(53-13(2)64)46(83-17(6-57)28(40)70)90-39-21(10-61)87-49(89-38-19(8-59)82-44(79)33(75)32(38)74)36(78)43(39)94-51(50(80)81)3-14(65)23(54-22(67)11-62)41(93-51)26(68)15(66)4-55/h14-21,23-49,55-62,65-66,68-79H,3-11H2,1-2H3,(H,52,63)(H,53,64)(H,54,67)(H,80,81)/t14-,15+,16+,17+,18+,19+,20+,21+,23+,24+,25+,26+,27-,28-,29-,30+,31-,32+,33+,34+,35+,36+,37+,38+,39-,40+,41+,42-,43+,44+,45-,46-,47-,48-,49-,51-/m0/s1. The van der Waals surface area contributed by atoms with Gasteiger partial charge in [0.15, 0.2) is 37.7 Å². The van der Waals surface area contributed by atoms with Crippen molar-refractivity contribution in [3.05, 3.63) is 0 Å². The van der Waals surface area contributed by atoms with Crippen LogP contribution in [0.5, 0.6) is 0 Å². The van der Waals surface area contributed by atoms with E-state index in [1.54, 1.807) is 0 Å². The van der Waals surface area contributed by atoms with E-state index in [1.807, 2.05) is 0 Å². The third-order valence-electron chi connectivity index (χ3n) is 16.8. The van der Waals surface area contributed by atoms with Crippen LogP contribution in [-0.4, -0.2) is 414 Å². The van der Waals surface area contributed by atoms with Crippen molar-refractivity contribution in [3.63, 3.8) is 0 Å². The molecule has 0 bridgehead atoms. The van der Waals surface area contributed by atoms with Gasteiger partial charge in [-0.1, -0.05) is 0 Å². The summed E-state index contributed by atoms with van der Waals surface area (Å²) in [6.07, 6.45) is -70.1. The van der Waals surface area contributed by atoms with E-state index in [0.717, 1.165) is 13.8 Å². The Kier molecular flexibility index (Phi) is 27.8. The van der Waals surface area contributed by atoms with Crippen LogP contribution in [0.3, 0.4) is 0 Å². The Labute approximate surface area is 530 Å². The monoisotopic (exact) mass is 1380 g/mol. The number of carbonyl (C=O) groups excluding carboxylic acids is 3. The van der Waals surface area contributed by atoms with Crippen LogP contribution in [-0.2, 0) is 80.8 Å². The molecule has 0 aromatic heterocycles. The Morgan fingerprint density at radius 3 is 1.39 bits per heavy atom. The Morgan fingerprint density at radius 1 is 0.436 bits per heavy atom. The van der Waals surface area contributed by atoms with Gasteiger partial charge in [0.2, 0.25) is 17.7 Å². The number of amides is 3. The van der Waals surface area contributed by atoms with Gasteiger partial charge in [-0.3, -0.25) is 14.4 Å². The third kappa shape index (κ3) is 16.7. The second-order valence-electron chi connectivity index (χ2n) is 23.2. The van der Waals surface area contributed by atoms with Gasteiger partial charge in [0, 0.05) is 20.3 Å². The van der Waals surface area contributed by atoms with Gasteiger partial charge in [0.25, 0.3) is 5.79 Å². The summed E-state index contributed by atoms with van der Waals surface area (Å²) in [6.45, 7) is -7.52. The molecule has 0 spiro atoms. The van der Waals surface area contributed by atoms with E-state index in [2.05, 4.69) is 16.0 Å². The number of rotatable bonds is 26. The normalized spacial score (nSPS) is 46.8. The number of aliphatic hydroxyl groups excluding tert-OH is 22. The Morgan fingerprint density at radius 2 is 0.862 bits per heavy atom. The highest BCUT2D eigenvalue weighted by molar-refractivity contribution is 5.78. The van der Waals surface area contributed by atoms with Crippen molar-refractivity contribution < 1.29 is 198 Å². The molecule has 0 saturated carbocycles. The van der Waals surface area contributed by atoms with E-state index in [9.17, 15) is 137 Å². The lowest BCUT2D eigenvalue weighted by molar-refractivity contribution is -0.403. The van der Waals surface area contributed by atoms with Crippen molar-refractivity contribution in [1.29, 1.82) is 0 Å². The van der Waals surface area contributed by atoms with Crippen LogP contribution in [0.15, 0.2) is 0 Å². The number of ether oxygens (including phenoxy) is 13. The minimum atomic E-state index is -3.50. The largest absolute Gasteiger partial charge is 0.477 e. The molecule has 0 unspecified atom stereocenters. The topological polar surface area (TPSA) is 690 Å². The van der Waals surface area contributed by atoms with Crippen LogP contribution in [0.25, 0.3) is 0 Å². The van der Waals surface area contributed by atoms with Gasteiger partial charge in [-0.2, -0.15) is 0 Å². The predicted molar refractivity (Wildman–Crippen MR) is 285 cm³/mol. The van der Waals surface area contributed by atoms with Crippen LogP contribution in [0.2, 0.25) is 0 Å². The minimum Gasteiger partial charge on any atom is -0.477 e.